The van der Waals surface area contributed by atoms with Crippen LogP contribution in [0.5, 0.6) is 0 Å². The summed E-state index contributed by atoms with van der Waals surface area (Å²) in [5.41, 5.74) is 2.74. The Balaban J connectivity index is 0. The molecule has 0 aliphatic heterocycles. The number of hydrogen-bond donors (Lipinski definition) is 3. The molecular formula is C9H15NO4S. The highest BCUT2D eigenvalue weighted by Crippen LogP contribution is 2.02. The molecule has 0 aliphatic carbocycles. The van der Waals surface area contributed by atoms with Crippen molar-refractivity contribution in [3.63, 3.8) is 0 Å². The molecule has 86 valence electrons. The van der Waals surface area contributed by atoms with Crippen molar-refractivity contribution < 1.29 is 18.3 Å². The highest BCUT2D eigenvalue weighted by atomic mass is 32.2. The first-order valence-corrected chi connectivity index (χ1v) is 5.19. The fourth-order valence-corrected chi connectivity index (χ4v) is 0.663. The molecule has 0 bridgehead atoms. The molecule has 5 nitrogen and oxygen atoms in total. The van der Waals surface area contributed by atoms with E-state index in [4.69, 9.17) is 18.3 Å². The van der Waals surface area contributed by atoms with Gasteiger partial charge >= 0.3 is 0 Å². The van der Waals surface area contributed by atoms with Crippen LogP contribution >= 0.6 is 0 Å². The van der Waals surface area contributed by atoms with Crippen LogP contribution in [0.4, 0.5) is 0 Å². The number of carboxylic acid groups (broad SMARTS) is 1. The second kappa shape index (κ2) is 10.7. The second-order valence-electron chi connectivity index (χ2n) is 2.48. The van der Waals surface area contributed by atoms with E-state index in [1.165, 1.54) is 11.1 Å². The monoisotopic (exact) mass is 233 g/mol. The quantitative estimate of drug-likeness (QED) is 0.448. The van der Waals surface area contributed by atoms with Crippen LogP contribution in [0.15, 0.2) is 24.3 Å². The van der Waals surface area contributed by atoms with Crippen molar-refractivity contribution in [1.29, 1.82) is 0 Å². The van der Waals surface area contributed by atoms with Gasteiger partial charge in [-0.25, -0.2) is 13.6 Å². The lowest BCUT2D eigenvalue weighted by atomic mass is 10.1. The number of thiol groups is 1. The van der Waals surface area contributed by atoms with Gasteiger partial charge in [-0.2, -0.15) is 0 Å². The van der Waals surface area contributed by atoms with E-state index in [1.807, 2.05) is 0 Å². The van der Waals surface area contributed by atoms with Gasteiger partial charge in [-0.15, -0.1) is 0 Å². The first kappa shape index (κ1) is 16.0. The van der Waals surface area contributed by atoms with Gasteiger partial charge in [-0.3, -0.25) is 4.79 Å². The van der Waals surface area contributed by atoms with Crippen LogP contribution in [-0.4, -0.2) is 20.0 Å². The molecule has 0 aromatic heterocycles. The summed E-state index contributed by atoms with van der Waals surface area (Å²) >= 11 is 0. The van der Waals surface area contributed by atoms with Crippen molar-refractivity contribution in [2.24, 2.45) is 5.14 Å². The Bertz CT molecular complexity index is 321. The molecule has 3 N–H and O–H groups in total. The number of aryl methyl sites for hydroxylation is 2. The first-order chi connectivity index (χ1) is 6.95. The number of hydrogen-bond acceptors (Lipinski definition) is 3. The minimum absolute atomic E-state index is 0.250. The Kier molecular flexibility index (Phi) is 11.4. The van der Waals surface area contributed by atoms with E-state index in [2.05, 4.69) is 43.3 Å². The van der Waals surface area contributed by atoms with E-state index in [0.29, 0.717) is 0 Å². The van der Waals surface area contributed by atoms with E-state index in [-0.39, 0.29) is 6.47 Å². The topological polar surface area (TPSA) is 97.5 Å². The molecule has 0 fully saturated rings. The van der Waals surface area contributed by atoms with Crippen LogP contribution in [0.1, 0.15) is 11.1 Å². The summed E-state index contributed by atoms with van der Waals surface area (Å²) in [4.78, 5) is 8.36. The fraction of sp³-hybridized carbons (Fsp3) is 0.222. The van der Waals surface area contributed by atoms with E-state index in [1.54, 1.807) is 0 Å². The summed E-state index contributed by atoms with van der Waals surface area (Å²) in [5, 5.41) is 11.0. The van der Waals surface area contributed by atoms with Gasteiger partial charge in [-0.05, 0) is 25.0 Å². The zero-order chi connectivity index (χ0) is 12.3. The molecule has 0 radical (unpaired) electrons. The molecule has 6 heteroatoms. The third kappa shape index (κ3) is 15.4. The summed E-state index contributed by atoms with van der Waals surface area (Å²) in [7, 11) is -2.62. The van der Waals surface area contributed by atoms with E-state index in [0.717, 1.165) is 0 Å². The van der Waals surface area contributed by atoms with E-state index >= 15 is 0 Å². The Morgan fingerprint density at radius 1 is 1.20 bits per heavy atom. The van der Waals surface area contributed by atoms with Crippen LogP contribution in [0.3, 0.4) is 0 Å². The molecule has 0 aliphatic rings. The van der Waals surface area contributed by atoms with Crippen molar-refractivity contribution in [3.8, 4) is 0 Å². The molecule has 1 aromatic carbocycles. The van der Waals surface area contributed by atoms with Gasteiger partial charge in [0.25, 0.3) is 6.47 Å². The third-order valence-corrected chi connectivity index (χ3v) is 1.43. The van der Waals surface area contributed by atoms with Crippen molar-refractivity contribution >= 4 is 17.4 Å². The van der Waals surface area contributed by atoms with Crippen molar-refractivity contribution in [2.45, 2.75) is 13.8 Å². The lowest BCUT2D eigenvalue weighted by molar-refractivity contribution is -0.122. The van der Waals surface area contributed by atoms with Gasteiger partial charge in [0.05, 0.1) is 0 Å². The molecule has 0 spiro atoms. The Labute approximate surface area is 90.6 Å². The highest BCUT2D eigenvalue weighted by Gasteiger charge is 1.83. The smallest absolute Gasteiger partial charge is 0.290 e. The summed E-state index contributed by atoms with van der Waals surface area (Å²) in [6, 6.07) is 8.36. The number of carbonyl (C=O) groups is 1. The Morgan fingerprint density at radius 3 is 1.53 bits per heavy atom. The highest BCUT2D eigenvalue weighted by molar-refractivity contribution is 7.69. The van der Waals surface area contributed by atoms with E-state index in [9.17, 15) is 0 Å². The van der Waals surface area contributed by atoms with Gasteiger partial charge in [0.1, 0.15) is 0 Å². The zero-order valence-corrected chi connectivity index (χ0v) is 9.48. The van der Waals surface area contributed by atoms with Crippen molar-refractivity contribution in [3.05, 3.63) is 35.4 Å². The van der Waals surface area contributed by atoms with Crippen molar-refractivity contribution in [1.82, 2.24) is 0 Å². The molecule has 0 amide bonds. The lowest BCUT2D eigenvalue weighted by Gasteiger charge is -1.93. The summed E-state index contributed by atoms with van der Waals surface area (Å²) in [6.45, 7) is 3.99. The Morgan fingerprint density at radius 2 is 1.40 bits per heavy atom. The standard InChI is InChI=1S/C8H10.CH2O2.H3NO2S/c1-7-5-3-4-6-8(7)2;2-1-3;1-4(2)3/h3-6H,1-2H3;1H,(H,2,3);4H,(H2,1,2,3). The average Bonchev–Trinajstić information content (AvgIpc) is 2.10. The SMILES string of the molecule is Cc1ccccc1C.N[SH](=O)=O.O=CO. The molecule has 0 saturated heterocycles. The summed E-state index contributed by atoms with van der Waals surface area (Å²) in [5.74, 6) is 0. The van der Waals surface area contributed by atoms with Gasteiger partial charge < -0.3 is 5.11 Å². The average molecular weight is 233 g/mol. The molecular weight excluding hydrogens is 218 g/mol. The normalized spacial score (nSPS) is 8.00. The molecule has 0 saturated carbocycles. The van der Waals surface area contributed by atoms with Crippen molar-refractivity contribution in [2.75, 3.05) is 0 Å². The third-order valence-electron chi connectivity index (χ3n) is 1.43. The number of benzene rings is 1. The fourth-order valence-electron chi connectivity index (χ4n) is 0.663. The van der Waals surface area contributed by atoms with Gasteiger partial charge in [0.2, 0.25) is 0 Å². The zero-order valence-electron chi connectivity index (χ0n) is 8.58. The predicted molar refractivity (Wildman–Crippen MR) is 59.1 cm³/mol. The maximum Gasteiger partial charge on any atom is 0.290 e. The van der Waals surface area contributed by atoms with Crippen LogP contribution in [-0.2, 0) is 15.7 Å². The largest absolute Gasteiger partial charge is 0.483 e. The lowest BCUT2D eigenvalue weighted by Crippen LogP contribution is -1.85. The number of nitrogens with two attached hydrogens (primary N) is 1. The first-order valence-electron chi connectivity index (χ1n) is 3.94. The van der Waals surface area contributed by atoms with Crippen LogP contribution in [0.2, 0.25) is 0 Å². The summed E-state index contributed by atoms with van der Waals surface area (Å²) in [6.07, 6.45) is 0. The minimum Gasteiger partial charge on any atom is -0.483 e. The van der Waals surface area contributed by atoms with Gasteiger partial charge in [0.15, 0.2) is 10.9 Å². The van der Waals surface area contributed by atoms with Crippen LogP contribution in [0.25, 0.3) is 0 Å². The van der Waals surface area contributed by atoms with Crippen LogP contribution < -0.4 is 5.14 Å². The minimum atomic E-state index is -2.62. The molecule has 0 unspecified atom stereocenters. The molecule has 15 heavy (non-hydrogen) atoms. The molecule has 1 rings (SSSR count). The van der Waals surface area contributed by atoms with Gasteiger partial charge in [0, 0.05) is 0 Å². The molecule has 0 atom stereocenters. The maximum absolute atomic E-state index is 8.81. The number of rotatable bonds is 0. The Hall–Kier alpha value is -1.40. The maximum atomic E-state index is 8.81. The van der Waals surface area contributed by atoms with Gasteiger partial charge in [-0.1, -0.05) is 24.3 Å². The molecule has 0 heterocycles. The summed E-state index contributed by atoms with van der Waals surface area (Å²) < 4.78 is 17.6. The second-order valence-corrected chi connectivity index (χ2v) is 3.05. The van der Waals surface area contributed by atoms with Crippen LogP contribution in [0, 0.1) is 13.8 Å². The molecule has 1 aromatic rings. The van der Waals surface area contributed by atoms with E-state index < -0.39 is 10.9 Å². The predicted octanol–water partition coefficient (Wildman–Crippen LogP) is 0.476.